The third-order valence-corrected chi connectivity index (χ3v) is 2.98. The normalized spacial score (nSPS) is 24.2. The van der Waals surface area contributed by atoms with Gasteiger partial charge in [-0.15, -0.1) is 0 Å². The first-order valence-electron chi connectivity index (χ1n) is 5.35. The van der Waals surface area contributed by atoms with Crippen LogP contribution in [-0.2, 0) is 0 Å². The number of hydrogen-bond acceptors (Lipinski definition) is 1. The van der Waals surface area contributed by atoms with Gasteiger partial charge < -0.3 is 4.90 Å². The van der Waals surface area contributed by atoms with Crippen LogP contribution in [0.15, 0.2) is 12.3 Å². The molecule has 0 N–H and O–H groups in total. The van der Waals surface area contributed by atoms with Crippen LogP contribution in [0.3, 0.4) is 0 Å². The van der Waals surface area contributed by atoms with E-state index in [0.717, 1.165) is 5.92 Å². The highest BCUT2D eigenvalue weighted by Gasteiger charge is 2.25. The molecular weight excluding hydrogens is 158 g/mol. The lowest BCUT2D eigenvalue weighted by Gasteiger charge is -2.36. The van der Waals surface area contributed by atoms with E-state index >= 15 is 0 Å². The minimum atomic E-state index is 0.430. The lowest BCUT2D eigenvalue weighted by Crippen LogP contribution is -2.33. The highest BCUT2D eigenvalue weighted by Crippen LogP contribution is 2.32. The Bertz CT molecular complexity index is 186. The van der Waals surface area contributed by atoms with Gasteiger partial charge in [-0.2, -0.15) is 0 Å². The number of nitrogens with zero attached hydrogens (tertiary/aromatic N) is 1. The van der Waals surface area contributed by atoms with Crippen molar-refractivity contribution in [3.63, 3.8) is 0 Å². The molecule has 0 bridgehead atoms. The Morgan fingerprint density at radius 3 is 2.23 bits per heavy atom. The maximum absolute atomic E-state index is 2.42. The third kappa shape index (κ3) is 2.75. The molecule has 1 aliphatic rings. The largest absolute Gasteiger partial charge is 0.375 e. The van der Waals surface area contributed by atoms with Crippen LogP contribution in [0.1, 0.15) is 41.0 Å². The summed E-state index contributed by atoms with van der Waals surface area (Å²) in [4.78, 5) is 2.42. The molecule has 1 heteroatoms. The second-order valence-corrected chi connectivity index (χ2v) is 5.43. The van der Waals surface area contributed by atoms with Crippen LogP contribution in [-0.4, -0.2) is 17.5 Å². The Balaban J connectivity index is 2.57. The Kier molecular flexibility index (Phi) is 3.05. The van der Waals surface area contributed by atoms with Crippen molar-refractivity contribution in [2.75, 3.05) is 6.54 Å². The van der Waals surface area contributed by atoms with E-state index in [1.54, 1.807) is 0 Å². The minimum absolute atomic E-state index is 0.430. The summed E-state index contributed by atoms with van der Waals surface area (Å²) in [5, 5.41) is 0. The summed E-state index contributed by atoms with van der Waals surface area (Å²) in [6.07, 6.45) is 5.96. The highest BCUT2D eigenvalue weighted by molar-refractivity contribution is 4.99. The molecular formula is C12H23N. The van der Waals surface area contributed by atoms with E-state index < -0.39 is 0 Å². The maximum Gasteiger partial charge on any atom is 0.0227 e. The van der Waals surface area contributed by atoms with Crippen molar-refractivity contribution in [3.8, 4) is 0 Å². The first-order valence-corrected chi connectivity index (χ1v) is 5.35. The molecule has 0 aromatic heterocycles. The molecule has 0 aromatic carbocycles. The van der Waals surface area contributed by atoms with Crippen LogP contribution in [0.5, 0.6) is 0 Å². The fraction of sp³-hybridized carbons (Fsp3) is 0.833. The molecule has 0 spiro atoms. The highest BCUT2D eigenvalue weighted by atomic mass is 15.1. The fourth-order valence-corrected chi connectivity index (χ4v) is 1.83. The Labute approximate surface area is 82.8 Å². The molecule has 0 saturated heterocycles. The molecule has 0 aliphatic carbocycles. The van der Waals surface area contributed by atoms with Gasteiger partial charge in [-0.1, -0.05) is 26.8 Å². The second kappa shape index (κ2) is 3.73. The molecule has 0 aromatic rings. The molecule has 13 heavy (non-hydrogen) atoms. The van der Waals surface area contributed by atoms with E-state index in [2.05, 4.69) is 51.8 Å². The molecule has 1 rings (SSSR count). The minimum Gasteiger partial charge on any atom is -0.375 e. The molecule has 0 radical (unpaired) electrons. The van der Waals surface area contributed by atoms with Crippen molar-refractivity contribution in [2.45, 2.75) is 47.1 Å². The molecule has 0 saturated carbocycles. The summed E-state index contributed by atoms with van der Waals surface area (Å²) < 4.78 is 0. The molecule has 1 unspecified atom stereocenters. The first-order chi connectivity index (χ1) is 5.91. The molecule has 1 nitrogen and oxygen atoms in total. The summed E-state index contributed by atoms with van der Waals surface area (Å²) in [5.74, 6) is 0.752. The van der Waals surface area contributed by atoms with Gasteiger partial charge in [0.25, 0.3) is 0 Å². The lowest BCUT2D eigenvalue weighted by molar-refractivity contribution is 0.205. The van der Waals surface area contributed by atoms with Crippen molar-refractivity contribution < 1.29 is 0 Å². The van der Waals surface area contributed by atoms with Gasteiger partial charge in [-0.3, -0.25) is 0 Å². The van der Waals surface area contributed by atoms with E-state index in [1.807, 2.05) is 0 Å². The molecule has 1 heterocycles. The standard InChI is InChI=1S/C12H23N/c1-10(2)13-8-6-11(7-9-13)12(3,4)5/h6,8,10-11H,7,9H2,1-5H3. The van der Waals surface area contributed by atoms with Gasteiger partial charge >= 0.3 is 0 Å². The van der Waals surface area contributed by atoms with Gasteiger partial charge in [0.15, 0.2) is 0 Å². The van der Waals surface area contributed by atoms with Gasteiger partial charge in [0.1, 0.15) is 0 Å². The summed E-state index contributed by atoms with van der Waals surface area (Å²) >= 11 is 0. The summed E-state index contributed by atoms with van der Waals surface area (Å²) in [5.41, 5.74) is 0.430. The predicted molar refractivity (Wildman–Crippen MR) is 58.5 cm³/mol. The number of allylic oxidation sites excluding steroid dienone is 1. The average molecular weight is 181 g/mol. The summed E-state index contributed by atoms with van der Waals surface area (Å²) in [6.45, 7) is 12.7. The van der Waals surface area contributed by atoms with Crippen molar-refractivity contribution >= 4 is 0 Å². The quantitative estimate of drug-likeness (QED) is 0.600. The monoisotopic (exact) mass is 181 g/mol. The second-order valence-electron chi connectivity index (χ2n) is 5.43. The zero-order chi connectivity index (χ0) is 10.1. The third-order valence-electron chi connectivity index (χ3n) is 2.98. The zero-order valence-electron chi connectivity index (χ0n) is 9.67. The topological polar surface area (TPSA) is 3.24 Å². The van der Waals surface area contributed by atoms with Gasteiger partial charge in [0, 0.05) is 12.6 Å². The predicted octanol–water partition coefficient (Wildman–Crippen LogP) is 3.28. The van der Waals surface area contributed by atoms with Crippen LogP contribution in [0.4, 0.5) is 0 Å². The number of rotatable bonds is 1. The van der Waals surface area contributed by atoms with Crippen LogP contribution >= 0.6 is 0 Å². The summed E-state index contributed by atoms with van der Waals surface area (Å²) in [6, 6.07) is 0.650. The SMILES string of the molecule is CC(C)N1C=CC(C(C)(C)C)CC1. The fourth-order valence-electron chi connectivity index (χ4n) is 1.83. The Morgan fingerprint density at radius 1 is 1.31 bits per heavy atom. The smallest absolute Gasteiger partial charge is 0.0227 e. The van der Waals surface area contributed by atoms with E-state index in [4.69, 9.17) is 0 Å². The van der Waals surface area contributed by atoms with E-state index in [0.29, 0.717) is 11.5 Å². The Hall–Kier alpha value is -0.460. The van der Waals surface area contributed by atoms with E-state index in [1.165, 1.54) is 13.0 Å². The van der Waals surface area contributed by atoms with E-state index in [-0.39, 0.29) is 0 Å². The molecule has 0 fully saturated rings. The van der Waals surface area contributed by atoms with Gasteiger partial charge in [0.05, 0.1) is 0 Å². The number of hydrogen-bond donors (Lipinski definition) is 0. The van der Waals surface area contributed by atoms with Gasteiger partial charge in [0.2, 0.25) is 0 Å². The van der Waals surface area contributed by atoms with Crippen molar-refractivity contribution in [1.29, 1.82) is 0 Å². The zero-order valence-corrected chi connectivity index (χ0v) is 9.67. The molecule has 1 aliphatic heterocycles. The summed E-state index contributed by atoms with van der Waals surface area (Å²) in [7, 11) is 0. The lowest BCUT2D eigenvalue weighted by atomic mass is 9.77. The van der Waals surface area contributed by atoms with Gasteiger partial charge in [-0.25, -0.2) is 0 Å². The Morgan fingerprint density at radius 2 is 1.92 bits per heavy atom. The molecule has 1 atom stereocenters. The van der Waals surface area contributed by atoms with Crippen LogP contribution in [0.25, 0.3) is 0 Å². The van der Waals surface area contributed by atoms with Crippen molar-refractivity contribution in [2.24, 2.45) is 11.3 Å². The first kappa shape index (κ1) is 10.6. The van der Waals surface area contributed by atoms with Crippen LogP contribution < -0.4 is 0 Å². The van der Waals surface area contributed by atoms with Crippen LogP contribution in [0.2, 0.25) is 0 Å². The van der Waals surface area contributed by atoms with Gasteiger partial charge in [-0.05, 0) is 37.8 Å². The molecule has 0 amide bonds. The van der Waals surface area contributed by atoms with Crippen molar-refractivity contribution in [1.82, 2.24) is 4.90 Å². The van der Waals surface area contributed by atoms with Crippen LogP contribution in [0, 0.1) is 11.3 Å². The van der Waals surface area contributed by atoms with E-state index in [9.17, 15) is 0 Å². The van der Waals surface area contributed by atoms with Crippen molar-refractivity contribution in [3.05, 3.63) is 12.3 Å². The molecule has 76 valence electrons. The maximum atomic E-state index is 2.42. The average Bonchev–Trinajstić information content (AvgIpc) is 2.03.